The van der Waals surface area contributed by atoms with Gasteiger partial charge in [-0.05, 0) is 38.1 Å². The van der Waals surface area contributed by atoms with Crippen molar-refractivity contribution < 1.29 is 14.3 Å². The molecule has 0 aliphatic rings. The van der Waals surface area contributed by atoms with Gasteiger partial charge in [0.25, 0.3) is 5.56 Å². The van der Waals surface area contributed by atoms with Crippen LogP contribution < -0.4 is 10.9 Å². The molecule has 0 fully saturated rings. The van der Waals surface area contributed by atoms with Gasteiger partial charge in [-0.25, -0.2) is 14.2 Å². The highest BCUT2D eigenvalue weighted by atomic mass is 16.5. The molecule has 0 unspecified atom stereocenters. The van der Waals surface area contributed by atoms with Crippen LogP contribution in [-0.4, -0.2) is 38.5 Å². The first-order valence-electron chi connectivity index (χ1n) is 8.48. The fourth-order valence-corrected chi connectivity index (χ4v) is 2.73. The van der Waals surface area contributed by atoms with Gasteiger partial charge in [-0.2, -0.15) is 5.10 Å². The Kier molecular flexibility index (Phi) is 5.35. The number of amides is 1. The third-order valence-electron chi connectivity index (χ3n) is 3.98. The first kappa shape index (κ1) is 19.0. The van der Waals surface area contributed by atoms with Gasteiger partial charge < -0.3 is 10.1 Å². The molecule has 1 N–H and O–H groups in total. The largest absolute Gasteiger partial charge is 0.465 e. The Morgan fingerprint density at radius 1 is 1.11 bits per heavy atom. The second-order valence-corrected chi connectivity index (χ2v) is 6.11. The van der Waals surface area contributed by atoms with Crippen LogP contribution in [0.15, 0.2) is 47.3 Å². The van der Waals surface area contributed by atoms with Gasteiger partial charge in [0.05, 0.1) is 24.1 Å². The molecular formula is C19H19N5O4. The number of hydrogen-bond acceptors (Lipinski definition) is 6. The molecule has 0 radical (unpaired) electrons. The molecule has 2 heterocycles. The van der Waals surface area contributed by atoms with E-state index < -0.39 is 17.4 Å². The van der Waals surface area contributed by atoms with Crippen LogP contribution in [0.25, 0.3) is 5.82 Å². The first-order valence-corrected chi connectivity index (χ1v) is 8.48. The standard InChI is InChI=1S/C19H19N5O4/c1-12-10-13(2)24(21-12)16-8-9-18(26)23(22-16)11-17(25)20-15-7-5-4-6-14(15)19(27)28-3/h4-10H,11H2,1-3H3,(H,20,25). The number of nitrogens with one attached hydrogen (secondary N) is 1. The van der Waals surface area contributed by atoms with Gasteiger partial charge in [0.1, 0.15) is 6.54 Å². The molecule has 0 spiro atoms. The number of nitrogens with zero attached hydrogens (tertiary/aromatic N) is 4. The summed E-state index contributed by atoms with van der Waals surface area (Å²) >= 11 is 0. The fraction of sp³-hybridized carbons (Fsp3) is 0.211. The molecule has 3 rings (SSSR count). The van der Waals surface area contributed by atoms with Gasteiger partial charge in [0.2, 0.25) is 5.91 Å². The van der Waals surface area contributed by atoms with Crippen molar-refractivity contribution in [3.63, 3.8) is 0 Å². The van der Waals surface area contributed by atoms with E-state index >= 15 is 0 Å². The van der Waals surface area contributed by atoms with E-state index in [0.717, 1.165) is 16.1 Å². The third kappa shape index (κ3) is 3.98. The number of esters is 1. The molecule has 1 amide bonds. The predicted octanol–water partition coefficient (Wildman–Crippen LogP) is 1.47. The number of carbonyl (C=O) groups is 2. The zero-order chi connectivity index (χ0) is 20.3. The van der Waals surface area contributed by atoms with Crippen LogP contribution in [0.4, 0.5) is 5.69 Å². The number of ether oxygens (including phenoxy) is 1. The molecule has 3 aromatic rings. The fourth-order valence-electron chi connectivity index (χ4n) is 2.73. The summed E-state index contributed by atoms with van der Waals surface area (Å²) in [4.78, 5) is 36.4. The SMILES string of the molecule is COC(=O)c1ccccc1NC(=O)Cn1nc(-n2nc(C)cc2C)ccc1=O. The van der Waals surface area contributed by atoms with E-state index in [1.807, 2.05) is 19.9 Å². The van der Waals surface area contributed by atoms with Gasteiger partial charge in [-0.3, -0.25) is 9.59 Å². The smallest absolute Gasteiger partial charge is 0.339 e. The minimum absolute atomic E-state index is 0.218. The minimum Gasteiger partial charge on any atom is -0.465 e. The number of anilines is 1. The summed E-state index contributed by atoms with van der Waals surface area (Å²) < 4.78 is 7.34. The van der Waals surface area contributed by atoms with Gasteiger partial charge in [-0.15, -0.1) is 5.10 Å². The number of carbonyl (C=O) groups excluding carboxylic acids is 2. The Bertz CT molecular complexity index is 1100. The second-order valence-electron chi connectivity index (χ2n) is 6.11. The van der Waals surface area contributed by atoms with Crippen molar-refractivity contribution in [3.8, 4) is 5.82 Å². The van der Waals surface area contributed by atoms with Crippen molar-refractivity contribution in [1.82, 2.24) is 19.6 Å². The number of hydrogen-bond donors (Lipinski definition) is 1. The molecule has 9 nitrogen and oxygen atoms in total. The summed E-state index contributed by atoms with van der Waals surface area (Å²) in [5.74, 6) is -0.651. The van der Waals surface area contributed by atoms with E-state index in [-0.39, 0.29) is 12.1 Å². The Morgan fingerprint density at radius 3 is 2.54 bits per heavy atom. The predicted molar refractivity (Wildman–Crippen MR) is 102 cm³/mol. The van der Waals surface area contributed by atoms with Gasteiger partial charge in [0.15, 0.2) is 5.82 Å². The van der Waals surface area contributed by atoms with Crippen molar-refractivity contribution in [1.29, 1.82) is 0 Å². The number of aryl methyl sites for hydroxylation is 2. The lowest BCUT2D eigenvalue weighted by molar-refractivity contribution is -0.117. The highest BCUT2D eigenvalue weighted by molar-refractivity contribution is 6.01. The summed E-state index contributed by atoms with van der Waals surface area (Å²) in [7, 11) is 1.26. The Balaban J connectivity index is 1.84. The van der Waals surface area contributed by atoms with E-state index in [1.165, 1.54) is 19.2 Å². The number of aromatic nitrogens is 4. The zero-order valence-corrected chi connectivity index (χ0v) is 15.7. The van der Waals surface area contributed by atoms with E-state index in [4.69, 9.17) is 4.74 Å². The van der Waals surface area contributed by atoms with Gasteiger partial charge in [-0.1, -0.05) is 12.1 Å². The molecule has 1 aromatic carbocycles. The van der Waals surface area contributed by atoms with Crippen LogP contribution in [0.5, 0.6) is 0 Å². The van der Waals surface area contributed by atoms with Crippen LogP contribution in [0.3, 0.4) is 0 Å². The van der Waals surface area contributed by atoms with Crippen LogP contribution >= 0.6 is 0 Å². The highest BCUT2D eigenvalue weighted by Crippen LogP contribution is 2.16. The highest BCUT2D eigenvalue weighted by Gasteiger charge is 2.15. The first-order chi connectivity index (χ1) is 13.4. The summed E-state index contributed by atoms with van der Waals surface area (Å²) in [6.07, 6.45) is 0. The second kappa shape index (κ2) is 7.87. The van der Waals surface area contributed by atoms with Crippen molar-refractivity contribution in [2.45, 2.75) is 20.4 Å². The van der Waals surface area contributed by atoms with E-state index in [9.17, 15) is 14.4 Å². The maximum atomic E-state index is 12.4. The molecule has 0 saturated heterocycles. The molecule has 0 saturated carbocycles. The van der Waals surface area contributed by atoms with Crippen molar-refractivity contribution in [2.24, 2.45) is 0 Å². The summed E-state index contributed by atoms with van der Waals surface area (Å²) in [6.45, 7) is 3.40. The van der Waals surface area contributed by atoms with Gasteiger partial charge in [0, 0.05) is 11.8 Å². The maximum absolute atomic E-state index is 12.4. The van der Waals surface area contributed by atoms with Crippen LogP contribution in [0, 0.1) is 13.8 Å². The quantitative estimate of drug-likeness (QED) is 0.671. The lowest BCUT2D eigenvalue weighted by Crippen LogP contribution is -2.30. The van der Waals surface area contributed by atoms with Crippen molar-refractivity contribution in [2.75, 3.05) is 12.4 Å². The Morgan fingerprint density at radius 2 is 1.86 bits per heavy atom. The summed E-state index contributed by atoms with van der Waals surface area (Å²) in [5, 5.41) is 11.2. The Hall–Kier alpha value is -3.75. The van der Waals surface area contributed by atoms with Crippen molar-refractivity contribution in [3.05, 3.63) is 69.8 Å². The normalized spacial score (nSPS) is 10.5. The minimum atomic E-state index is -0.572. The molecule has 0 atom stereocenters. The average molecular weight is 381 g/mol. The molecule has 28 heavy (non-hydrogen) atoms. The van der Waals surface area contributed by atoms with Crippen molar-refractivity contribution >= 4 is 17.6 Å². The lowest BCUT2D eigenvalue weighted by atomic mass is 10.2. The number of methoxy groups -OCH3 is 1. The molecule has 2 aromatic heterocycles. The average Bonchev–Trinajstić information content (AvgIpc) is 3.01. The number of benzene rings is 1. The topological polar surface area (TPSA) is 108 Å². The molecule has 0 bridgehead atoms. The number of para-hydroxylation sites is 1. The van der Waals surface area contributed by atoms with Crippen LogP contribution in [-0.2, 0) is 16.1 Å². The molecule has 9 heteroatoms. The van der Waals surface area contributed by atoms with E-state index in [0.29, 0.717) is 11.5 Å². The number of rotatable bonds is 5. The van der Waals surface area contributed by atoms with Crippen LogP contribution in [0.2, 0.25) is 0 Å². The van der Waals surface area contributed by atoms with Crippen LogP contribution in [0.1, 0.15) is 21.7 Å². The molecule has 0 aliphatic heterocycles. The molecule has 144 valence electrons. The summed E-state index contributed by atoms with van der Waals surface area (Å²) in [6, 6.07) is 11.2. The zero-order valence-electron chi connectivity index (χ0n) is 15.7. The monoisotopic (exact) mass is 381 g/mol. The van der Waals surface area contributed by atoms with E-state index in [1.54, 1.807) is 28.9 Å². The van der Waals surface area contributed by atoms with E-state index in [2.05, 4.69) is 15.5 Å². The third-order valence-corrected chi connectivity index (χ3v) is 3.98. The van der Waals surface area contributed by atoms with Gasteiger partial charge >= 0.3 is 5.97 Å². The Labute approximate surface area is 160 Å². The maximum Gasteiger partial charge on any atom is 0.339 e. The summed E-state index contributed by atoms with van der Waals surface area (Å²) in [5.41, 5.74) is 1.75. The lowest BCUT2D eigenvalue weighted by Gasteiger charge is -2.11. The molecule has 0 aliphatic carbocycles. The molecular weight excluding hydrogens is 362 g/mol.